The normalized spacial score (nSPS) is 12.6. The summed E-state index contributed by atoms with van der Waals surface area (Å²) in [7, 11) is 0. The summed E-state index contributed by atoms with van der Waals surface area (Å²) in [6.45, 7) is 1.66. The Balaban J connectivity index is 2.96. The van der Waals surface area contributed by atoms with Gasteiger partial charge in [-0.15, -0.1) is 0 Å². The van der Waals surface area contributed by atoms with Crippen LogP contribution in [0.2, 0.25) is 5.02 Å². The van der Waals surface area contributed by atoms with Gasteiger partial charge < -0.3 is 5.73 Å². The molecule has 64 valence electrons. The van der Waals surface area contributed by atoms with Crippen LogP contribution in [-0.2, 0) is 0 Å². The first-order chi connectivity index (χ1) is 5.61. The van der Waals surface area contributed by atoms with Crippen molar-refractivity contribution in [3.8, 4) is 0 Å². The van der Waals surface area contributed by atoms with E-state index in [1.54, 1.807) is 31.2 Å². The molecule has 1 atom stereocenters. The maximum absolute atomic E-state index is 11.3. The molecule has 0 bridgehead atoms. The van der Waals surface area contributed by atoms with Gasteiger partial charge in [-0.1, -0.05) is 23.7 Å². The number of Topliss-reactive ketones (excluding diaryl/α,β-unsaturated/α-hetero) is 1. The summed E-state index contributed by atoms with van der Waals surface area (Å²) in [5.41, 5.74) is 5.99. The van der Waals surface area contributed by atoms with Crippen LogP contribution in [0.3, 0.4) is 0 Å². The summed E-state index contributed by atoms with van der Waals surface area (Å²) in [6.07, 6.45) is 0. The number of rotatable bonds is 2. The van der Waals surface area contributed by atoms with E-state index in [2.05, 4.69) is 0 Å². The summed E-state index contributed by atoms with van der Waals surface area (Å²) in [6, 6.07) is 6.31. The number of hydrogen-bond donors (Lipinski definition) is 1. The molecule has 0 spiro atoms. The van der Waals surface area contributed by atoms with Gasteiger partial charge in [0.2, 0.25) is 0 Å². The van der Waals surface area contributed by atoms with Gasteiger partial charge in [-0.25, -0.2) is 0 Å². The molecule has 1 rings (SSSR count). The fraction of sp³-hybridized carbons (Fsp3) is 0.222. The maximum atomic E-state index is 11.3. The monoisotopic (exact) mass is 183 g/mol. The minimum atomic E-state index is -0.469. The summed E-state index contributed by atoms with van der Waals surface area (Å²) in [5, 5.41) is 0.557. The number of nitrogens with two attached hydrogens (primary N) is 1. The van der Waals surface area contributed by atoms with Crippen molar-refractivity contribution in [1.29, 1.82) is 0 Å². The van der Waals surface area contributed by atoms with Crippen LogP contribution in [0.5, 0.6) is 0 Å². The first-order valence-corrected chi connectivity index (χ1v) is 4.04. The van der Waals surface area contributed by atoms with E-state index in [4.69, 9.17) is 17.3 Å². The quantitative estimate of drug-likeness (QED) is 0.712. The highest BCUT2D eigenvalue weighted by atomic mass is 35.5. The van der Waals surface area contributed by atoms with Crippen molar-refractivity contribution in [3.63, 3.8) is 0 Å². The minimum absolute atomic E-state index is 0.0856. The van der Waals surface area contributed by atoms with Crippen molar-refractivity contribution in [2.24, 2.45) is 5.73 Å². The SMILES string of the molecule is C[C@@H](N)C(=O)c1cccc(Cl)c1. The number of ketones is 1. The van der Waals surface area contributed by atoms with Crippen LogP contribution >= 0.6 is 11.6 Å². The highest BCUT2D eigenvalue weighted by molar-refractivity contribution is 6.31. The molecule has 0 saturated carbocycles. The molecule has 0 unspecified atom stereocenters. The van der Waals surface area contributed by atoms with Crippen molar-refractivity contribution in [2.45, 2.75) is 13.0 Å². The van der Waals surface area contributed by atoms with Gasteiger partial charge in [0.05, 0.1) is 6.04 Å². The third kappa shape index (κ3) is 2.06. The second-order valence-electron chi connectivity index (χ2n) is 2.66. The van der Waals surface area contributed by atoms with Gasteiger partial charge in [0.25, 0.3) is 0 Å². The standard InChI is InChI=1S/C9H10ClNO/c1-6(11)9(12)7-3-2-4-8(10)5-7/h2-6H,11H2,1H3/t6-/m1/s1. The predicted octanol–water partition coefficient (Wildman–Crippen LogP) is 1.87. The Morgan fingerprint density at radius 1 is 1.58 bits per heavy atom. The second-order valence-corrected chi connectivity index (χ2v) is 3.10. The van der Waals surface area contributed by atoms with Crippen molar-refractivity contribution >= 4 is 17.4 Å². The van der Waals surface area contributed by atoms with Crippen molar-refractivity contribution in [2.75, 3.05) is 0 Å². The van der Waals surface area contributed by atoms with Crippen LogP contribution in [0.4, 0.5) is 0 Å². The molecule has 1 aromatic carbocycles. The first kappa shape index (κ1) is 9.23. The second kappa shape index (κ2) is 3.70. The topological polar surface area (TPSA) is 43.1 Å². The maximum Gasteiger partial charge on any atom is 0.179 e. The van der Waals surface area contributed by atoms with Gasteiger partial charge in [-0.2, -0.15) is 0 Å². The molecule has 0 fully saturated rings. The molecular formula is C9H10ClNO. The third-order valence-electron chi connectivity index (χ3n) is 1.52. The molecule has 2 nitrogen and oxygen atoms in total. The molecule has 3 heteroatoms. The first-order valence-electron chi connectivity index (χ1n) is 3.66. The number of carbonyl (C=O) groups excluding carboxylic acids is 1. The number of halogens is 1. The summed E-state index contributed by atoms with van der Waals surface area (Å²) in [5.74, 6) is -0.0856. The van der Waals surface area contributed by atoms with Crippen molar-refractivity contribution in [1.82, 2.24) is 0 Å². The Morgan fingerprint density at radius 3 is 2.75 bits per heavy atom. The smallest absolute Gasteiger partial charge is 0.179 e. The van der Waals surface area contributed by atoms with Gasteiger partial charge in [-0.05, 0) is 19.1 Å². The molecular weight excluding hydrogens is 174 g/mol. The molecule has 0 heterocycles. The molecule has 0 aliphatic heterocycles. The number of benzene rings is 1. The molecule has 1 aromatic rings. The summed E-state index contributed by atoms with van der Waals surface area (Å²) < 4.78 is 0. The van der Waals surface area contributed by atoms with E-state index in [0.29, 0.717) is 10.6 Å². The molecule has 0 radical (unpaired) electrons. The lowest BCUT2D eigenvalue weighted by atomic mass is 10.1. The van der Waals surface area contributed by atoms with E-state index >= 15 is 0 Å². The fourth-order valence-electron chi connectivity index (χ4n) is 0.905. The highest BCUT2D eigenvalue weighted by Crippen LogP contribution is 2.11. The van der Waals surface area contributed by atoms with E-state index in [-0.39, 0.29) is 5.78 Å². The summed E-state index contributed by atoms with van der Waals surface area (Å²) >= 11 is 5.70. The van der Waals surface area contributed by atoms with Crippen LogP contribution in [0.1, 0.15) is 17.3 Å². The van der Waals surface area contributed by atoms with Crippen LogP contribution in [0.15, 0.2) is 24.3 Å². The van der Waals surface area contributed by atoms with Gasteiger partial charge in [0.15, 0.2) is 5.78 Å². The zero-order chi connectivity index (χ0) is 9.14. The van der Waals surface area contributed by atoms with Gasteiger partial charge in [-0.3, -0.25) is 4.79 Å². The molecule has 0 aromatic heterocycles. The molecule has 0 aliphatic rings. The third-order valence-corrected chi connectivity index (χ3v) is 1.76. The van der Waals surface area contributed by atoms with Crippen LogP contribution in [-0.4, -0.2) is 11.8 Å². The van der Waals surface area contributed by atoms with Gasteiger partial charge >= 0.3 is 0 Å². The van der Waals surface area contributed by atoms with E-state index in [0.717, 1.165) is 0 Å². The Bertz CT molecular complexity index is 296. The zero-order valence-corrected chi connectivity index (χ0v) is 7.51. The lowest BCUT2D eigenvalue weighted by molar-refractivity contribution is 0.0968. The van der Waals surface area contributed by atoms with Crippen molar-refractivity contribution in [3.05, 3.63) is 34.9 Å². The molecule has 12 heavy (non-hydrogen) atoms. The Labute approximate surface area is 76.3 Å². The lowest BCUT2D eigenvalue weighted by Crippen LogP contribution is -2.26. The average molecular weight is 184 g/mol. The molecule has 0 aliphatic carbocycles. The molecule has 2 N–H and O–H groups in total. The van der Waals surface area contributed by atoms with E-state index in [1.807, 2.05) is 0 Å². The van der Waals surface area contributed by atoms with Crippen LogP contribution in [0, 0.1) is 0 Å². The number of hydrogen-bond acceptors (Lipinski definition) is 2. The molecule has 0 amide bonds. The summed E-state index contributed by atoms with van der Waals surface area (Å²) in [4.78, 5) is 11.3. The lowest BCUT2D eigenvalue weighted by Gasteiger charge is -2.03. The van der Waals surface area contributed by atoms with E-state index in [1.165, 1.54) is 0 Å². The Kier molecular flexibility index (Phi) is 2.84. The van der Waals surface area contributed by atoms with E-state index < -0.39 is 6.04 Å². The van der Waals surface area contributed by atoms with Gasteiger partial charge in [0.1, 0.15) is 0 Å². The van der Waals surface area contributed by atoms with Crippen LogP contribution in [0.25, 0.3) is 0 Å². The largest absolute Gasteiger partial charge is 0.321 e. The van der Waals surface area contributed by atoms with E-state index in [9.17, 15) is 4.79 Å². The fourth-order valence-corrected chi connectivity index (χ4v) is 1.09. The van der Waals surface area contributed by atoms with Crippen LogP contribution < -0.4 is 5.73 Å². The predicted molar refractivity (Wildman–Crippen MR) is 49.4 cm³/mol. The molecule has 0 saturated heterocycles. The van der Waals surface area contributed by atoms with Crippen molar-refractivity contribution < 1.29 is 4.79 Å². The zero-order valence-electron chi connectivity index (χ0n) is 6.75. The number of carbonyl (C=O) groups is 1. The Morgan fingerprint density at radius 2 is 2.25 bits per heavy atom. The highest BCUT2D eigenvalue weighted by Gasteiger charge is 2.09. The Hall–Kier alpha value is -0.860. The minimum Gasteiger partial charge on any atom is -0.321 e. The average Bonchev–Trinajstić information content (AvgIpc) is 2.03. The van der Waals surface area contributed by atoms with Gasteiger partial charge in [0, 0.05) is 10.6 Å².